The first-order chi connectivity index (χ1) is 9.19. The van der Waals surface area contributed by atoms with Crippen molar-refractivity contribution in [2.75, 3.05) is 6.61 Å². The first-order valence-electron chi connectivity index (χ1n) is 6.41. The summed E-state index contributed by atoms with van der Waals surface area (Å²) in [5, 5.41) is 11.3. The van der Waals surface area contributed by atoms with Crippen molar-refractivity contribution in [1.29, 1.82) is 0 Å². The van der Waals surface area contributed by atoms with Gasteiger partial charge in [0.15, 0.2) is 0 Å². The van der Waals surface area contributed by atoms with Crippen LogP contribution in [0.2, 0.25) is 0 Å². The van der Waals surface area contributed by atoms with Crippen LogP contribution in [-0.4, -0.2) is 30.0 Å². The zero-order valence-electron chi connectivity index (χ0n) is 10.6. The van der Waals surface area contributed by atoms with Crippen LogP contribution in [0.3, 0.4) is 0 Å². The van der Waals surface area contributed by atoms with Gasteiger partial charge in [-0.2, -0.15) is 0 Å². The summed E-state index contributed by atoms with van der Waals surface area (Å²) in [5.41, 5.74) is 0.924. The molecule has 2 N–H and O–H groups in total. The lowest BCUT2D eigenvalue weighted by Crippen LogP contribution is -2.47. The topological polar surface area (TPSA) is 58.6 Å². The largest absolute Gasteiger partial charge is 0.445 e. The Labute approximate surface area is 111 Å². The predicted molar refractivity (Wildman–Crippen MR) is 68.3 cm³/mol. The minimum absolute atomic E-state index is 0.0435. The third kappa shape index (κ3) is 3.92. The highest BCUT2D eigenvalue weighted by Gasteiger charge is 2.36. The maximum Gasteiger partial charge on any atom is 0.407 e. The molecule has 1 aliphatic carbocycles. The molecule has 1 saturated carbocycles. The molecule has 0 aliphatic heterocycles. The second kappa shape index (κ2) is 6.52. The molecule has 0 saturated heterocycles. The summed E-state index contributed by atoms with van der Waals surface area (Å²) in [6.45, 7) is -0.221. The van der Waals surface area contributed by atoms with Crippen LogP contribution >= 0.6 is 0 Å². The molecule has 19 heavy (non-hydrogen) atoms. The van der Waals surface area contributed by atoms with Crippen LogP contribution in [0.4, 0.5) is 9.18 Å². The van der Waals surface area contributed by atoms with E-state index in [1.165, 1.54) is 0 Å². The molecule has 0 radical (unpaired) electrons. The van der Waals surface area contributed by atoms with Gasteiger partial charge in [-0.25, -0.2) is 9.18 Å². The van der Waals surface area contributed by atoms with E-state index >= 15 is 0 Å². The number of halogens is 1. The average molecular weight is 267 g/mol. The zero-order chi connectivity index (χ0) is 13.7. The number of carbonyl (C=O) groups is 1. The van der Waals surface area contributed by atoms with Gasteiger partial charge in [0.2, 0.25) is 0 Å². The number of carbonyl (C=O) groups excluding carboxylic acids is 1. The van der Waals surface area contributed by atoms with E-state index < -0.39 is 18.9 Å². The molecule has 104 valence electrons. The number of ether oxygens (including phenoxy) is 1. The standard InChI is InChI=1S/C14H18FNO3/c15-13(8-17)11-6-12(7-11)16-14(18)19-9-10-4-2-1-3-5-10/h1-5,11-13,17H,6-9H2,(H,16,18). The fraction of sp³-hybridized carbons (Fsp3) is 0.500. The number of benzene rings is 1. The maximum atomic E-state index is 13.1. The fourth-order valence-corrected chi connectivity index (χ4v) is 2.16. The fourth-order valence-electron chi connectivity index (χ4n) is 2.16. The lowest BCUT2D eigenvalue weighted by molar-refractivity contribution is 0.0583. The van der Waals surface area contributed by atoms with Crippen molar-refractivity contribution >= 4 is 6.09 Å². The summed E-state index contributed by atoms with van der Waals surface area (Å²) in [4.78, 5) is 11.5. The van der Waals surface area contributed by atoms with Gasteiger partial charge in [0, 0.05) is 6.04 Å². The lowest BCUT2D eigenvalue weighted by atomic mass is 9.77. The number of aliphatic hydroxyl groups excluding tert-OH is 1. The zero-order valence-corrected chi connectivity index (χ0v) is 10.6. The Morgan fingerprint density at radius 1 is 1.42 bits per heavy atom. The number of nitrogens with one attached hydrogen (secondary N) is 1. The monoisotopic (exact) mass is 267 g/mol. The molecule has 0 spiro atoms. The quantitative estimate of drug-likeness (QED) is 0.858. The van der Waals surface area contributed by atoms with Crippen molar-refractivity contribution in [3.8, 4) is 0 Å². The van der Waals surface area contributed by atoms with Gasteiger partial charge in [-0.1, -0.05) is 30.3 Å². The second-order valence-electron chi connectivity index (χ2n) is 4.83. The predicted octanol–water partition coefficient (Wildman–Crippen LogP) is 2.02. The van der Waals surface area contributed by atoms with E-state index in [9.17, 15) is 9.18 Å². The SMILES string of the molecule is O=C(NC1CC(C(F)CO)C1)OCc1ccccc1. The Morgan fingerprint density at radius 3 is 2.74 bits per heavy atom. The van der Waals surface area contributed by atoms with Gasteiger partial charge in [0.1, 0.15) is 12.8 Å². The van der Waals surface area contributed by atoms with Crippen molar-refractivity contribution in [2.45, 2.75) is 31.7 Å². The van der Waals surface area contributed by atoms with Crippen molar-refractivity contribution in [2.24, 2.45) is 5.92 Å². The van der Waals surface area contributed by atoms with Crippen LogP contribution in [0, 0.1) is 5.92 Å². The second-order valence-corrected chi connectivity index (χ2v) is 4.83. The molecular formula is C14H18FNO3. The number of alkyl carbamates (subject to hydrolysis) is 1. The highest BCUT2D eigenvalue weighted by atomic mass is 19.1. The Kier molecular flexibility index (Phi) is 4.74. The van der Waals surface area contributed by atoms with Gasteiger partial charge in [-0.05, 0) is 24.3 Å². The van der Waals surface area contributed by atoms with Gasteiger partial charge < -0.3 is 15.2 Å². The van der Waals surface area contributed by atoms with Gasteiger partial charge in [-0.3, -0.25) is 0 Å². The van der Waals surface area contributed by atoms with E-state index in [0.717, 1.165) is 5.56 Å². The highest BCUT2D eigenvalue weighted by molar-refractivity contribution is 5.67. The maximum absolute atomic E-state index is 13.1. The van der Waals surface area contributed by atoms with Crippen LogP contribution in [0.25, 0.3) is 0 Å². The summed E-state index contributed by atoms with van der Waals surface area (Å²) in [5.74, 6) is -0.149. The molecule has 1 amide bonds. The van der Waals surface area contributed by atoms with Crippen LogP contribution < -0.4 is 5.32 Å². The van der Waals surface area contributed by atoms with Crippen LogP contribution in [0.15, 0.2) is 30.3 Å². The molecular weight excluding hydrogens is 249 g/mol. The molecule has 1 aromatic carbocycles. The first kappa shape index (κ1) is 13.8. The summed E-state index contributed by atoms with van der Waals surface area (Å²) in [6, 6.07) is 9.36. The number of aliphatic hydroxyl groups is 1. The molecule has 0 heterocycles. The molecule has 1 aromatic rings. The number of rotatable bonds is 5. The summed E-state index contributed by atoms with van der Waals surface area (Å²) in [6.07, 6.45) is -0.547. The molecule has 4 nitrogen and oxygen atoms in total. The van der Waals surface area contributed by atoms with E-state index in [-0.39, 0.29) is 18.6 Å². The molecule has 1 unspecified atom stereocenters. The number of hydrogen-bond acceptors (Lipinski definition) is 3. The van der Waals surface area contributed by atoms with Gasteiger partial charge in [-0.15, -0.1) is 0 Å². The van der Waals surface area contributed by atoms with Crippen LogP contribution in [0.1, 0.15) is 18.4 Å². The average Bonchev–Trinajstić information content (AvgIpc) is 2.40. The number of amides is 1. The molecule has 1 fully saturated rings. The van der Waals surface area contributed by atoms with Gasteiger partial charge >= 0.3 is 6.09 Å². The van der Waals surface area contributed by atoms with E-state index in [2.05, 4.69) is 5.32 Å². The van der Waals surface area contributed by atoms with E-state index in [1.807, 2.05) is 30.3 Å². The minimum Gasteiger partial charge on any atom is -0.445 e. The molecule has 1 aliphatic rings. The Hall–Kier alpha value is -1.62. The van der Waals surface area contributed by atoms with Crippen molar-refractivity contribution < 1.29 is 19.0 Å². The van der Waals surface area contributed by atoms with E-state index in [4.69, 9.17) is 9.84 Å². The summed E-state index contributed by atoms with van der Waals surface area (Å²) < 4.78 is 18.1. The van der Waals surface area contributed by atoms with Crippen LogP contribution in [0.5, 0.6) is 0 Å². The van der Waals surface area contributed by atoms with Crippen molar-refractivity contribution in [3.05, 3.63) is 35.9 Å². The first-order valence-corrected chi connectivity index (χ1v) is 6.41. The minimum atomic E-state index is -1.18. The van der Waals surface area contributed by atoms with Gasteiger partial charge in [0.25, 0.3) is 0 Å². The summed E-state index contributed by atoms with van der Waals surface area (Å²) >= 11 is 0. The van der Waals surface area contributed by atoms with Crippen molar-refractivity contribution in [1.82, 2.24) is 5.32 Å². The molecule has 1 atom stereocenters. The summed E-state index contributed by atoms with van der Waals surface area (Å²) in [7, 11) is 0. The number of hydrogen-bond donors (Lipinski definition) is 2. The van der Waals surface area contributed by atoms with Crippen molar-refractivity contribution in [3.63, 3.8) is 0 Å². The molecule has 2 rings (SSSR count). The molecule has 5 heteroatoms. The van der Waals surface area contributed by atoms with Gasteiger partial charge in [0.05, 0.1) is 6.61 Å². The third-order valence-electron chi connectivity index (χ3n) is 3.40. The molecule has 0 aromatic heterocycles. The molecule has 0 bridgehead atoms. The van der Waals surface area contributed by atoms with E-state index in [1.54, 1.807) is 0 Å². The third-order valence-corrected chi connectivity index (χ3v) is 3.40. The normalized spacial score (nSPS) is 23.3. The number of alkyl halides is 1. The smallest absolute Gasteiger partial charge is 0.407 e. The lowest BCUT2D eigenvalue weighted by Gasteiger charge is -2.36. The Balaban J connectivity index is 1.64. The van der Waals surface area contributed by atoms with E-state index in [0.29, 0.717) is 12.8 Å². The van der Waals surface area contributed by atoms with Crippen LogP contribution in [-0.2, 0) is 11.3 Å². The Bertz CT molecular complexity index is 406. The highest BCUT2D eigenvalue weighted by Crippen LogP contribution is 2.31. The Morgan fingerprint density at radius 2 is 2.11 bits per heavy atom.